The number of benzene rings is 1. The first-order valence-electron chi connectivity index (χ1n) is 8.79. The second-order valence-electron chi connectivity index (χ2n) is 6.75. The number of anilines is 1. The van der Waals surface area contributed by atoms with Crippen LogP contribution in [0.5, 0.6) is 0 Å². The summed E-state index contributed by atoms with van der Waals surface area (Å²) in [7, 11) is 0. The van der Waals surface area contributed by atoms with Crippen molar-refractivity contribution in [2.45, 2.75) is 25.4 Å². The Balaban J connectivity index is 1.61. The van der Waals surface area contributed by atoms with E-state index in [0.717, 1.165) is 28.8 Å². The number of carbonyl (C=O) groups is 1. The standard InChI is InChI=1S/C19H22N6O/c1-11(26)23-16(14-9-15(14)20)10-22-19-13-7-8-21-18(13)24-17(25-19)12-5-3-2-4-6-12/h2-8,14-16H,9-10,20H2,1H3,(H,23,26)(H2,21,22,24,25). The number of nitrogens with one attached hydrogen (secondary N) is 3. The quantitative estimate of drug-likeness (QED) is 0.543. The first kappa shape index (κ1) is 16.5. The van der Waals surface area contributed by atoms with Gasteiger partial charge in [-0.05, 0) is 18.4 Å². The molecule has 1 fully saturated rings. The molecule has 1 aliphatic rings. The highest BCUT2D eigenvalue weighted by Gasteiger charge is 2.40. The minimum absolute atomic E-state index is 0.00775. The van der Waals surface area contributed by atoms with Crippen LogP contribution in [-0.2, 0) is 4.79 Å². The van der Waals surface area contributed by atoms with Gasteiger partial charge in [-0.2, -0.15) is 0 Å². The molecule has 1 aliphatic carbocycles. The minimum Gasteiger partial charge on any atom is -0.367 e. The number of hydrogen-bond acceptors (Lipinski definition) is 5. The van der Waals surface area contributed by atoms with Crippen LogP contribution in [0.1, 0.15) is 13.3 Å². The van der Waals surface area contributed by atoms with Crippen molar-refractivity contribution in [2.75, 3.05) is 11.9 Å². The minimum atomic E-state index is -0.0460. The molecule has 7 heteroatoms. The second kappa shape index (κ2) is 6.76. The molecule has 2 aromatic heterocycles. The summed E-state index contributed by atoms with van der Waals surface area (Å²) in [5.74, 6) is 1.67. The van der Waals surface area contributed by atoms with E-state index in [1.165, 1.54) is 6.92 Å². The van der Waals surface area contributed by atoms with Crippen LogP contribution in [0.25, 0.3) is 22.4 Å². The fourth-order valence-corrected chi connectivity index (χ4v) is 3.27. The Hall–Kier alpha value is -2.93. The first-order valence-corrected chi connectivity index (χ1v) is 8.79. The highest BCUT2D eigenvalue weighted by molar-refractivity contribution is 5.88. The molecule has 134 valence electrons. The van der Waals surface area contributed by atoms with Crippen LogP contribution >= 0.6 is 0 Å². The van der Waals surface area contributed by atoms with E-state index in [1.807, 2.05) is 42.6 Å². The number of aromatic amines is 1. The predicted molar refractivity (Wildman–Crippen MR) is 102 cm³/mol. The fourth-order valence-electron chi connectivity index (χ4n) is 3.27. The van der Waals surface area contributed by atoms with Crippen LogP contribution in [0, 0.1) is 5.92 Å². The van der Waals surface area contributed by atoms with Gasteiger partial charge in [0.25, 0.3) is 0 Å². The third-order valence-corrected chi connectivity index (χ3v) is 4.73. The highest BCUT2D eigenvalue weighted by Crippen LogP contribution is 2.32. The van der Waals surface area contributed by atoms with Crippen LogP contribution in [0.3, 0.4) is 0 Å². The molecule has 0 bridgehead atoms. The Kier molecular flexibility index (Phi) is 4.30. The SMILES string of the molecule is CC(=O)NC(CNc1nc(-c2ccccc2)nc2[nH]ccc12)C1CC1N. The van der Waals surface area contributed by atoms with Gasteiger partial charge >= 0.3 is 0 Å². The van der Waals surface area contributed by atoms with E-state index in [2.05, 4.69) is 20.6 Å². The summed E-state index contributed by atoms with van der Waals surface area (Å²) < 4.78 is 0. The van der Waals surface area contributed by atoms with Crippen molar-refractivity contribution in [3.8, 4) is 11.4 Å². The molecule has 0 aliphatic heterocycles. The molecule has 0 saturated heterocycles. The van der Waals surface area contributed by atoms with Gasteiger partial charge in [0, 0.05) is 31.3 Å². The molecule has 4 rings (SSSR count). The van der Waals surface area contributed by atoms with Gasteiger partial charge in [-0.3, -0.25) is 4.79 Å². The largest absolute Gasteiger partial charge is 0.367 e. The van der Waals surface area contributed by atoms with Crippen LogP contribution < -0.4 is 16.4 Å². The molecule has 0 spiro atoms. The smallest absolute Gasteiger partial charge is 0.217 e. The monoisotopic (exact) mass is 350 g/mol. The van der Waals surface area contributed by atoms with Gasteiger partial charge < -0.3 is 21.4 Å². The normalized spacial score (nSPS) is 19.9. The van der Waals surface area contributed by atoms with Gasteiger partial charge in [-0.15, -0.1) is 0 Å². The molecular weight excluding hydrogens is 328 g/mol. The average molecular weight is 350 g/mol. The Morgan fingerprint density at radius 1 is 1.31 bits per heavy atom. The lowest BCUT2D eigenvalue weighted by molar-refractivity contribution is -0.119. The van der Waals surface area contributed by atoms with Crippen molar-refractivity contribution in [1.82, 2.24) is 20.3 Å². The van der Waals surface area contributed by atoms with Gasteiger partial charge in [-0.1, -0.05) is 30.3 Å². The Morgan fingerprint density at radius 3 is 2.77 bits per heavy atom. The molecular formula is C19H22N6O. The lowest BCUT2D eigenvalue weighted by Gasteiger charge is -2.19. The molecule has 26 heavy (non-hydrogen) atoms. The number of rotatable bonds is 6. The molecule has 2 heterocycles. The molecule has 5 N–H and O–H groups in total. The maximum absolute atomic E-state index is 11.5. The van der Waals surface area contributed by atoms with Crippen molar-refractivity contribution < 1.29 is 4.79 Å². The van der Waals surface area contributed by atoms with Crippen LogP contribution in [0.4, 0.5) is 5.82 Å². The zero-order valence-corrected chi connectivity index (χ0v) is 14.6. The van der Waals surface area contributed by atoms with Gasteiger partial charge in [0.2, 0.25) is 5.91 Å². The van der Waals surface area contributed by atoms with Gasteiger partial charge in [-0.25, -0.2) is 9.97 Å². The maximum atomic E-state index is 11.5. The van der Waals surface area contributed by atoms with Crippen molar-refractivity contribution >= 4 is 22.8 Å². The Bertz CT molecular complexity index is 922. The number of fused-ring (bicyclic) bond motifs is 1. The van der Waals surface area contributed by atoms with E-state index < -0.39 is 0 Å². The Labute approximate surface area is 151 Å². The summed E-state index contributed by atoms with van der Waals surface area (Å²) in [6.07, 6.45) is 2.78. The third-order valence-electron chi connectivity index (χ3n) is 4.73. The van der Waals surface area contributed by atoms with Crippen molar-refractivity contribution in [3.05, 3.63) is 42.6 Å². The number of carbonyl (C=O) groups excluding carboxylic acids is 1. The first-order chi connectivity index (χ1) is 12.6. The molecule has 3 atom stereocenters. The topological polar surface area (TPSA) is 109 Å². The average Bonchev–Trinajstić information content (AvgIpc) is 3.17. The summed E-state index contributed by atoms with van der Waals surface area (Å²) in [5.41, 5.74) is 7.71. The number of nitrogens with zero attached hydrogens (tertiary/aromatic N) is 2. The van der Waals surface area contributed by atoms with E-state index in [4.69, 9.17) is 10.7 Å². The fraction of sp³-hybridized carbons (Fsp3) is 0.316. The summed E-state index contributed by atoms with van der Waals surface area (Å²) in [4.78, 5) is 24.0. The summed E-state index contributed by atoms with van der Waals surface area (Å²) in [6, 6.07) is 12.0. The zero-order valence-electron chi connectivity index (χ0n) is 14.6. The Morgan fingerprint density at radius 2 is 2.08 bits per heavy atom. The number of aromatic nitrogens is 3. The maximum Gasteiger partial charge on any atom is 0.217 e. The van der Waals surface area contributed by atoms with E-state index in [-0.39, 0.29) is 18.0 Å². The lowest BCUT2D eigenvalue weighted by Crippen LogP contribution is -2.41. The molecule has 3 unspecified atom stereocenters. The van der Waals surface area contributed by atoms with Crippen molar-refractivity contribution in [2.24, 2.45) is 11.7 Å². The summed E-state index contributed by atoms with van der Waals surface area (Å²) in [6.45, 7) is 2.10. The second-order valence-corrected chi connectivity index (χ2v) is 6.75. The number of H-pyrrole nitrogens is 1. The van der Waals surface area contributed by atoms with Crippen LogP contribution in [0.2, 0.25) is 0 Å². The molecule has 1 saturated carbocycles. The van der Waals surface area contributed by atoms with Gasteiger partial charge in [0.15, 0.2) is 5.82 Å². The van der Waals surface area contributed by atoms with E-state index >= 15 is 0 Å². The number of nitrogens with two attached hydrogens (primary N) is 1. The number of amides is 1. The molecule has 3 aromatic rings. The summed E-state index contributed by atoms with van der Waals surface area (Å²) in [5, 5.41) is 7.31. The molecule has 0 radical (unpaired) electrons. The van der Waals surface area contributed by atoms with E-state index in [0.29, 0.717) is 18.3 Å². The predicted octanol–water partition coefficient (Wildman–Crippen LogP) is 1.89. The lowest BCUT2D eigenvalue weighted by atomic mass is 10.1. The number of hydrogen-bond donors (Lipinski definition) is 4. The molecule has 7 nitrogen and oxygen atoms in total. The van der Waals surface area contributed by atoms with Crippen molar-refractivity contribution in [1.29, 1.82) is 0 Å². The van der Waals surface area contributed by atoms with Gasteiger partial charge in [0.1, 0.15) is 11.5 Å². The zero-order chi connectivity index (χ0) is 18.1. The van der Waals surface area contributed by atoms with Crippen LogP contribution in [0.15, 0.2) is 42.6 Å². The molecule has 1 amide bonds. The van der Waals surface area contributed by atoms with Crippen LogP contribution in [-0.4, -0.2) is 39.5 Å². The van der Waals surface area contributed by atoms with E-state index in [9.17, 15) is 4.79 Å². The van der Waals surface area contributed by atoms with Gasteiger partial charge in [0.05, 0.1) is 11.4 Å². The summed E-state index contributed by atoms with van der Waals surface area (Å²) >= 11 is 0. The van der Waals surface area contributed by atoms with E-state index in [1.54, 1.807) is 0 Å². The third kappa shape index (κ3) is 3.39. The van der Waals surface area contributed by atoms with Crippen molar-refractivity contribution in [3.63, 3.8) is 0 Å². The highest BCUT2D eigenvalue weighted by atomic mass is 16.1. The molecule has 1 aromatic carbocycles.